The first-order valence-electron chi connectivity index (χ1n) is 26.6. The van der Waals surface area contributed by atoms with Gasteiger partial charge < -0.3 is 9.80 Å². The normalized spacial score (nSPS) is 13.2. The number of hydrogen-bond acceptors (Lipinski definition) is 2. The molecule has 0 N–H and O–H groups in total. The van der Waals surface area contributed by atoms with Crippen LogP contribution in [0.25, 0.3) is 54.6 Å². The molecule has 2 nitrogen and oxygen atoms in total. The van der Waals surface area contributed by atoms with Gasteiger partial charge in [0.15, 0.2) is 0 Å². The Balaban J connectivity index is 1.15. The van der Waals surface area contributed by atoms with Crippen molar-refractivity contribution in [1.29, 1.82) is 0 Å². The van der Waals surface area contributed by atoms with Gasteiger partial charge in [-0.15, -0.1) is 0 Å². The molecular weight excluding hydrogens is 909 g/mol. The van der Waals surface area contributed by atoms with Gasteiger partial charge in [-0.25, -0.2) is 0 Å². The number of hydrogen-bond donors (Lipinski definition) is 0. The largest absolute Gasteiger partial charge is 0.310 e. The summed E-state index contributed by atoms with van der Waals surface area (Å²) < 4.78 is 0. The topological polar surface area (TPSA) is 6.48 Å². The van der Waals surface area contributed by atoms with Crippen LogP contribution >= 0.6 is 0 Å². The second-order valence-corrected chi connectivity index (χ2v) is 27.6. The van der Waals surface area contributed by atoms with E-state index < -0.39 is 13.5 Å². The summed E-state index contributed by atoms with van der Waals surface area (Å²) in [5.74, 6) is 0.877. The molecule has 1 spiro atoms. The van der Waals surface area contributed by atoms with E-state index in [0.717, 1.165) is 28.4 Å². The first-order valence-corrected chi connectivity index (χ1v) is 30.1. The summed E-state index contributed by atoms with van der Waals surface area (Å²) in [4.78, 5) is 4.97. The van der Waals surface area contributed by atoms with Crippen molar-refractivity contribution in [3.63, 3.8) is 0 Å². The van der Waals surface area contributed by atoms with Crippen molar-refractivity contribution in [2.75, 3.05) is 9.80 Å². The Kier molecular flexibility index (Phi) is 10.7. The minimum absolute atomic E-state index is 0.431. The third kappa shape index (κ3) is 6.97. The zero-order valence-electron chi connectivity index (χ0n) is 43.8. The number of rotatable bonds is 9. The molecule has 0 aromatic heterocycles. The van der Waals surface area contributed by atoms with Gasteiger partial charge in [0.2, 0.25) is 0 Å². The van der Waals surface area contributed by atoms with Gasteiger partial charge in [-0.2, -0.15) is 0 Å². The van der Waals surface area contributed by atoms with Gasteiger partial charge in [0.05, 0.1) is 19.2 Å². The zero-order chi connectivity index (χ0) is 50.6. The summed E-state index contributed by atoms with van der Waals surface area (Å²) in [7, 11) is -1.57. The summed E-state index contributed by atoms with van der Waals surface area (Å²) >= 11 is 0. The van der Waals surface area contributed by atoms with Crippen molar-refractivity contribution in [3.05, 3.63) is 257 Å². The van der Waals surface area contributed by atoms with E-state index in [2.05, 4.69) is 282 Å². The molecule has 11 aromatic rings. The fraction of sp³-hybridized carbons (Fsp3) is 0.155. The van der Waals surface area contributed by atoms with Crippen LogP contribution in [0.4, 0.5) is 34.1 Å². The minimum atomic E-state index is -1.57. The third-order valence-corrected chi connectivity index (χ3v) is 18.5. The summed E-state index contributed by atoms with van der Waals surface area (Å²) in [6.07, 6.45) is 0. The van der Waals surface area contributed by atoms with E-state index in [9.17, 15) is 0 Å². The van der Waals surface area contributed by atoms with E-state index in [-0.39, 0.29) is 0 Å². The molecule has 11 aromatic carbocycles. The van der Waals surface area contributed by atoms with E-state index in [0.29, 0.717) is 11.8 Å². The van der Waals surface area contributed by atoms with Crippen LogP contribution in [0, 0.1) is 6.92 Å². The first kappa shape index (κ1) is 45.8. The molecule has 3 heteroatoms. The molecule has 0 saturated heterocycles. The van der Waals surface area contributed by atoms with Crippen LogP contribution in [0.3, 0.4) is 0 Å². The van der Waals surface area contributed by atoms with Gasteiger partial charge >= 0.3 is 0 Å². The maximum Gasteiger partial charge on any atom is 0.0775 e. The Morgan fingerprint density at radius 1 is 0.365 bits per heavy atom. The van der Waals surface area contributed by atoms with Gasteiger partial charge in [-0.1, -0.05) is 210 Å². The predicted molar refractivity (Wildman–Crippen MR) is 321 cm³/mol. The lowest BCUT2D eigenvalue weighted by Gasteiger charge is -2.34. The van der Waals surface area contributed by atoms with E-state index in [4.69, 9.17) is 0 Å². The van der Waals surface area contributed by atoms with Crippen LogP contribution in [0.1, 0.15) is 78.5 Å². The second kappa shape index (κ2) is 17.3. The SMILES string of the molecule is Cc1ccc(N(c2ccc(C(C)C)cc2)c2ccc3c4c(c5ccccc5c3c2)-c2cc(N(c3ccc(C(C)C)cc3)c3ccc([Si](C)(C)C)cc3)c3ccccc3c2C42c3ccccc3-c3ccccc32)cc1. The Bertz CT molecular complexity index is 3940. The quantitative estimate of drug-likeness (QED) is 0.105. The molecule has 74 heavy (non-hydrogen) atoms. The van der Waals surface area contributed by atoms with Gasteiger partial charge in [0.1, 0.15) is 0 Å². The van der Waals surface area contributed by atoms with Crippen molar-refractivity contribution < 1.29 is 0 Å². The highest BCUT2D eigenvalue weighted by Crippen LogP contribution is 2.67. The fourth-order valence-corrected chi connectivity index (χ4v) is 13.9. The molecule has 0 amide bonds. The molecule has 2 aliphatic rings. The third-order valence-electron chi connectivity index (χ3n) is 16.4. The maximum absolute atomic E-state index is 2.57. The van der Waals surface area contributed by atoms with Crippen LogP contribution in [0.2, 0.25) is 19.6 Å². The molecule has 360 valence electrons. The molecular formula is C71H62N2Si. The van der Waals surface area contributed by atoms with Crippen LogP contribution in [-0.4, -0.2) is 8.07 Å². The van der Waals surface area contributed by atoms with Crippen LogP contribution in [-0.2, 0) is 5.41 Å². The van der Waals surface area contributed by atoms with E-state index in [1.807, 2.05) is 0 Å². The van der Waals surface area contributed by atoms with E-state index >= 15 is 0 Å². The lowest BCUT2D eigenvalue weighted by molar-refractivity contribution is 0.809. The van der Waals surface area contributed by atoms with Crippen LogP contribution in [0.5, 0.6) is 0 Å². The molecule has 0 radical (unpaired) electrons. The molecule has 0 bridgehead atoms. The number of anilines is 6. The van der Waals surface area contributed by atoms with E-state index in [1.165, 1.54) is 104 Å². The van der Waals surface area contributed by atoms with Crippen molar-refractivity contribution in [2.45, 2.75) is 71.5 Å². The maximum atomic E-state index is 2.57. The van der Waals surface area contributed by atoms with Crippen molar-refractivity contribution in [2.24, 2.45) is 0 Å². The van der Waals surface area contributed by atoms with Crippen molar-refractivity contribution in [3.8, 4) is 22.3 Å². The van der Waals surface area contributed by atoms with E-state index in [1.54, 1.807) is 0 Å². The Morgan fingerprint density at radius 2 is 0.811 bits per heavy atom. The zero-order valence-corrected chi connectivity index (χ0v) is 44.8. The van der Waals surface area contributed by atoms with Gasteiger partial charge in [-0.05, 0) is 168 Å². The summed E-state index contributed by atoms with van der Waals surface area (Å²) in [5.41, 5.74) is 20.8. The fourth-order valence-electron chi connectivity index (χ4n) is 12.7. The smallest absolute Gasteiger partial charge is 0.0775 e. The Hall–Kier alpha value is -7.98. The molecule has 0 saturated carbocycles. The lowest BCUT2D eigenvalue weighted by atomic mass is 9.68. The van der Waals surface area contributed by atoms with Crippen LogP contribution < -0.4 is 15.0 Å². The molecule has 0 unspecified atom stereocenters. The summed E-state index contributed by atoms with van der Waals surface area (Å²) in [6, 6.07) is 83.9. The first-order chi connectivity index (χ1) is 35.9. The van der Waals surface area contributed by atoms with Crippen molar-refractivity contribution >= 4 is 79.7 Å². The average Bonchev–Trinajstić information content (AvgIpc) is 3.92. The molecule has 0 atom stereocenters. The standard InChI is InChI=1S/C71H62N2Si/c1-45(2)48-27-33-51(34-28-48)72(50-31-25-47(5)26-32-50)54-39-42-62-63(43-54)56-17-9-11-21-60(56)68-64-44-67(73(52-35-29-49(30-36-52)46(3)4)53-37-40-55(41-38-53)74(6,7)8)59-20-10-12-22-61(59)69(64)71(70(62)68)65-23-15-13-18-57(65)58-19-14-16-24-66(58)71/h9-46H,1-8H3. The van der Waals surface area contributed by atoms with Crippen molar-refractivity contribution in [1.82, 2.24) is 0 Å². The monoisotopic (exact) mass is 970 g/mol. The highest BCUT2D eigenvalue weighted by Gasteiger charge is 2.54. The molecule has 0 fully saturated rings. The number of nitrogens with zero attached hydrogens (tertiary/aromatic N) is 2. The second-order valence-electron chi connectivity index (χ2n) is 22.5. The number of aryl methyl sites for hydroxylation is 1. The molecule has 13 rings (SSSR count). The number of benzene rings is 11. The molecule has 0 aliphatic heterocycles. The Morgan fingerprint density at radius 3 is 1.36 bits per heavy atom. The summed E-state index contributed by atoms with van der Waals surface area (Å²) in [5, 5.41) is 9.01. The predicted octanol–water partition coefficient (Wildman–Crippen LogP) is 19.5. The van der Waals surface area contributed by atoms with Gasteiger partial charge in [0, 0.05) is 33.8 Å². The minimum Gasteiger partial charge on any atom is -0.310 e. The van der Waals surface area contributed by atoms with Crippen LogP contribution in [0.15, 0.2) is 218 Å². The Labute approximate surface area is 438 Å². The lowest BCUT2D eigenvalue weighted by Crippen LogP contribution is -2.37. The number of fused-ring (bicyclic) bond motifs is 17. The average molecular weight is 971 g/mol. The molecule has 2 aliphatic carbocycles. The van der Waals surface area contributed by atoms with Gasteiger partial charge in [0.25, 0.3) is 0 Å². The summed E-state index contributed by atoms with van der Waals surface area (Å²) in [6.45, 7) is 18.6. The highest BCUT2D eigenvalue weighted by molar-refractivity contribution is 6.88. The highest BCUT2D eigenvalue weighted by atomic mass is 28.3. The van der Waals surface area contributed by atoms with Gasteiger partial charge in [-0.3, -0.25) is 0 Å². The molecule has 0 heterocycles.